The Labute approximate surface area is 208 Å². The number of carbonyl (C=O) groups excluding carboxylic acids is 2. The fourth-order valence-corrected chi connectivity index (χ4v) is 3.73. The van der Waals surface area contributed by atoms with E-state index in [1.54, 1.807) is 25.1 Å². The van der Waals surface area contributed by atoms with Gasteiger partial charge in [-0.25, -0.2) is 0 Å². The minimum atomic E-state index is -0.767. The normalized spacial score (nSPS) is 11.6. The molecule has 0 saturated heterocycles. The lowest BCUT2D eigenvalue weighted by Crippen LogP contribution is -2.51. The fraction of sp³-hybridized carbons (Fsp3) is 0.391. The van der Waals surface area contributed by atoms with Crippen molar-refractivity contribution in [2.45, 2.75) is 45.8 Å². The highest BCUT2D eigenvalue weighted by atomic mass is 35.5. The molecule has 1 atom stereocenters. The minimum Gasteiger partial charge on any atom is -0.490 e. The van der Waals surface area contributed by atoms with Crippen molar-refractivity contribution >= 4 is 40.7 Å². The van der Waals surface area contributed by atoms with Crippen LogP contribution in [0.5, 0.6) is 11.5 Å². The third-order valence-electron chi connectivity index (χ3n) is 4.88. The first-order valence-corrected chi connectivity index (χ1v) is 11.3. The molecule has 0 unspecified atom stereocenters. The Kier molecular flexibility index (Phi) is 9.95. The topological polar surface area (TPSA) is 111 Å². The summed E-state index contributed by atoms with van der Waals surface area (Å²) >= 11 is 12.3. The van der Waals surface area contributed by atoms with Crippen LogP contribution < -0.4 is 14.8 Å². The van der Waals surface area contributed by atoms with Gasteiger partial charge in [-0.05, 0) is 44.0 Å². The van der Waals surface area contributed by atoms with Gasteiger partial charge < -0.3 is 19.7 Å². The lowest BCUT2D eigenvalue weighted by molar-refractivity contribution is -0.385. The number of hydrogen-bond acceptors (Lipinski definition) is 6. The van der Waals surface area contributed by atoms with E-state index in [1.165, 1.54) is 30.2 Å². The van der Waals surface area contributed by atoms with Crippen molar-refractivity contribution < 1.29 is 24.0 Å². The van der Waals surface area contributed by atoms with Gasteiger partial charge >= 0.3 is 5.69 Å². The van der Waals surface area contributed by atoms with Gasteiger partial charge in [0, 0.05) is 34.8 Å². The Balaban J connectivity index is 2.29. The maximum atomic E-state index is 13.2. The molecule has 2 aromatic rings. The molecule has 2 amide bonds. The van der Waals surface area contributed by atoms with Crippen molar-refractivity contribution in [3.8, 4) is 11.5 Å². The second kappa shape index (κ2) is 12.4. The first-order valence-electron chi connectivity index (χ1n) is 10.6. The van der Waals surface area contributed by atoms with E-state index in [2.05, 4.69) is 5.32 Å². The summed E-state index contributed by atoms with van der Waals surface area (Å²) in [6.07, 6.45) is 0.362. The molecular formula is C23H27Cl2N3O6. The van der Waals surface area contributed by atoms with Crippen molar-refractivity contribution in [2.75, 3.05) is 13.7 Å². The molecule has 0 aliphatic carbocycles. The van der Waals surface area contributed by atoms with Crippen LogP contribution in [0.15, 0.2) is 36.4 Å². The van der Waals surface area contributed by atoms with E-state index < -0.39 is 23.5 Å². The quantitative estimate of drug-likeness (QED) is 0.348. The van der Waals surface area contributed by atoms with Gasteiger partial charge in [0.25, 0.3) is 5.91 Å². The van der Waals surface area contributed by atoms with Crippen molar-refractivity contribution in [1.82, 2.24) is 10.2 Å². The molecule has 0 aromatic heterocycles. The number of nitro benzene ring substituents is 1. The molecule has 0 fully saturated rings. The van der Waals surface area contributed by atoms with Crippen molar-refractivity contribution in [3.63, 3.8) is 0 Å². The van der Waals surface area contributed by atoms with E-state index in [0.717, 1.165) is 0 Å². The smallest absolute Gasteiger partial charge is 0.311 e. The zero-order valence-electron chi connectivity index (χ0n) is 19.3. The van der Waals surface area contributed by atoms with Crippen LogP contribution in [0.4, 0.5) is 5.69 Å². The summed E-state index contributed by atoms with van der Waals surface area (Å²) in [5.41, 5.74) is 0.392. The van der Waals surface area contributed by atoms with Gasteiger partial charge in [0.05, 0.1) is 12.0 Å². The van der Waals surface area contributed by atoms with Gasteiger partial charge in [0.2, 0.25) is 11.7 Å². The van der Waals surface area contributed by atoms with Crippen molar-refractivity contribution in [1.29, 1.82) is 0 Å². The lowest BCUT2D eigenvalue weighted by atomic mass is 10.1. The lowest BCUT2D eigenvalue weighted by Gasteiger charge is -2.31. The number of nitrogens with zero attached hydrogens (tertiary/aromatic N) is 2. The van der Waals surface area contributed by atoms with Crippen LogP contribution in [0.3, 0.4) is 0 Å². The third kappa shape index (κ3) is 7.23. The molecule has 34 heavy (non-hydrogen) atoms. The molecule has 0 spiro atoms. The summed E-state index contributed by atoms with van der Waals surface area (Å²) in [5, 5.41) is 14.7. The van der Waals surface area contributed by atoms with Crippen LogP contribution in [0.1, 0.15) is 32.8 Å². The molecule has 0 saturated carbocycles. The maximum Gasteiger partial charge on any atom is 0.311 e. The van der Waals surface area contributed by atoms with E-state index in [4.69, 9.17) is 32.7 Å². The number of halogens is 2. The van der Waals surface area contributed by atoms with Gasteiger partial charge in [-0.1, -0.05) is 36.2 Å². The highest BCUT2D eigenvalue weighted by Crippen LogP contribution is 2.31. The first-order chi connectivity index (χ1) is 16.1. The van der Waals surface area contributed by atoms with Crippen LogP contribution in [-0.2, 0) is 16.1 Å². The van der Waals surface area contributed by atoms with Crippen LogP contribution >= 0.6 is 23.2 Å². The van der Waals surface area contributed by atoms with Crippen molar-refractivity contribution in [2.24, 2.45) is 0 Å². The Bertz CT molecular complexity index is 1050. The second-order valence-corrected chi connectivity index (χ2v) is 8.57. The van der Waals surface area contributed by atoms with E-state index >= 15 is 0 Å². The molecule has 11 heteroatoms. The van der Waals surface area contributed by atoms with Crippen LogP contribution in [0.25, 0.3) is 0 Å². The SMILES string of the molecule is CC[C@H](C(=O)NC(C)C)N(Cc1ccc(Cl)cc1Cl)C(=O)COc1ccc([N+](=O)[O-])c(OC)c1. The van der Waals surface area contributed by atoms with Gasteiger partial charge in [0.1, 0.15) is 11.8 Å². The molecule has 0 aliphatic rings. The molecule has 0 bridgehead atoms. The highest BCUT2D eigenvalue weighted by Gasteiger charge is 2.30. The largest absolute Gasteiger partial charge is 0.490 e. The number of hydrogen-bond donors (Lipinski definition) is 1. The third-order valence-corrected chi connectivity index (χ3v) is 5.47. The number of ether oxygens (including phenoxy) is 2. The molecule has 0 heterocycles. The standard InChI is InChI=1S/C23H27Cl2N3O6/c1-5-19(23(30)26-14(2)3)27(12-15-6-7-16(24)10-18(15)25)22(29)13-34-17-8-9-20(28(31)32)21(11-17)33-4/h6-11,14,19H,5,12-13H2,1-4H3,(H,26,30)/t19-/m1/s1. The number of methoxy groups -OCH3 is 1. The Morgan fingerprint density at radius 2 is 1.88 bits per heavy atom. The number of rotatable bonds is 11. The van der Waals surface area contributed by atoms with Gasteiger partial charge in [0.15, 0.2) is 6.61 Å². The number of carbonyl (C=O) groups is 2. The predicted octanol–water partition coefficient (Wildman–Crippen LogP) is 4.62. The van der Waals surface area contributed by atoms with E-state index in [9.17, 15) is 19.7 Å². The van der Waals surface area contributed by atoms with Crippen LogP contribution in [0.2, 0.25) is 10.0 Å². The molecule has 2 rings (SSSR count). The van der Waals surface area contributed by atoms with E-state index in [-0.39, 0.29) is 35.7 Å². The van der Waals surface area contributed by atoms with Gasteiger partial charge in [-0.2, -0.15) is 0 Å². The van der Waals surface area contributed by atoms with E-state index in [0.29, 0.717) is 22.0 Å². The fourth-order valence-electron chi connectivity index (χ4n) is 3.26. The number of nitro groups is 1. The van der Waals surface area contributed by atoms with Crippen LogP contribution in [-0.4, -0.2) is 47.4 Å². The molecule has 1 N–H and O–H groups in total. The van der Waals surface area contributed by atoms with E-state index in [1.807, 2.05) is 13.8 Å². The molecule has 0 radical (unpaired) electrons. The summed E-state index contributed by atoms with van der Waals surface area (Å²) in [5.74, 6) is -0.551. The second-order valence-electron chi connectivity index (χ2n) is 7.72. The summed E-state index contributed by atoms with van der Waals surface area (Å²) in [4.78, 5) is 38.0. The molecular weight excluding hydrogens is 485 g/mol. The Morgan fingerprint density at radius 3 is 2.44 bits per heavy atom. The Morgan fingerprint density at radius 1 is 1.18 bits per heavy atom. The summed E-state index contributed by atoms with van der Waals surface area (Å²) in [6.45, 7) is 5.12. The maximum absolute atomic E-state index is 13.2. The van der Waals surface area contributed by atoms with Crippen LogP contribution in [0, 0.1) is 10.1 Å². The molecule has 2 aromatic carbocycles. The average molecular weight is 512 g/mol. The van der Waals surface area contributed by atoms with Gasteiger partial charge in [-0.15, -0.1) is 0 Å². The molecule has 0 aliphatic heterocycles. The Hall–Kier alpha value is -3.04. The number of nitrogens with one attached hydrogen (secondary N) is 1. The minimum absolute atomic E-state index is 0.00231. The monoisotopic (exact) mass is 511 g/mol. The summed E-state index contributed by atoms with van der Waals surface area (Å²) in [7, 11) is 1.30. The highest BCUT2D eigenvalue weighted by molar-refractivity contribution is 6.35. The summed E-state index contributed by atoms with van der Waals surface area (Å²) in [6, 6.07) is 7.97. The molecule has 184 valence electrons. The number of benzene rings is 2. The zero-order valence-corrected chi connectivity index (χ0v) is 20.9. The first kappa shape index (κ1) is 27.2. The zero-order chi connectivity index (χ0) is 25.4. The average Bonchev–Trinajstić information content (AvgIpc) is 2.77. The predicted molar refractivity (Wildman–Crippen MR) is 130 cm³/mol. The molecule has 9 nitrogen and oxygen atoms in total. The van der Waals surface area contributed by atoms with Crippen molar-refractivity contribution in [3.05, 3.63) is 62.1 Å². The number of amides is 2. The van der Waals surface area contributed by atoms with Gasteiger partial charge in [-0.3, -0.25) is 19.7 Å². The summed E-state index contributed by atoms with van der Waals surface area (Å²) < 4.78 is 10.6.